The number of hydrogen-bond acceptors (Lipinski definition) is 3. The van der Waals surface area contributed by atoms with Crippen LogP contribution in [0.3, 0.4) is 0 Å². The van der Waals surface area contributed by atoms with E-state index in [2.05, 4.69) is 29.1 Å². The normalized spacial score (nSPS) is 16.2. The van der Waals surface area contributed by atoms with Gasteiger partial charge in [-0.3, -0.25) is 0 Å². The fourth-order valence-corrected chi connectivity index (χ4v) is 2.53. The van der Waals surface area contributed by atoms with Gasteiger partial charge in [-0.2, -0.15) is 0 Å². The van der Waals surface area contributed by atoms with E-state index in [1.807, 2.05) is 12.1 Å². The monoisotopic (exact) mass is 304 g/mol. The third-order valence-electron chi connectivity index (χ3n) is 3.88. The number of nitrogens with zero attached hydrogens (tertiary/aromatic N) is 2. The molecule has 0 atom stereocenters. The van der Waals surface area contributed by atoms with Gasteiger partial charge in [0, 0.05) is 18.3 Å². The average Bonchev–Trinajstić information content (AvgIpc) is 2.99. The van der Waals surface area contributed by atoms with E-state index < -0.39 is 0 Å². The van der Waals surface area contributed by atoms with Gasteiger partial charge in [-0.25, -0.2) is 9.98 Å². The van der Waals surface area contributed by atoms with Gasteiger partial charge in [0.1, 0.15) is 6.10 Å². The van der Waals surface area contributed by atoms with Gasteiger partial charge in [-0.1, -0.05) is 19.9 Å². The SMILES string of the molecule is CC(C)CCNC(N)=NCc1cccnc1OC1CCCC1. The lowest BCUT2D eigenvalue weighted by atomic mass is 10.1. The molecule has 3 N–H and O–H groups in total. The summed E-state index contributed by atoms with van der Waals surface area (Å²) in [6.45, 7) is 5.73. The fraction of sp³-hybridized carbons (Fsp3) is 0.647. The Hall–Kier alpha value is -1.78. The molecule has 0 aromatic carbocycles. The lowest BCUT2D eigenvalue weighted by Gasteiger charge is -2.14. The van der Waals surface area contributed by atoms with Crippen molar-refractivity contribution in [3.05, 3.63) is 23.9 Å². The highest BCUT2D eigenvalue weighted by atomic mass is 16.5. The van der Waals surface area contributed by atoms with Gasteiger partial charge in [0.2, 0.25) is 5.88 Å². The summed E-state index contributed by atoms with van der Waals surface area (Å²) in [5, 5.41) is 3.14. The lowest BCUT2D eigenvalue weighted by molar-refractivity contribution is 0.199. The molecule has 0 saturated heterocycles. The predicted octanol–water partition coefficient (Wildman–Crippen LogP) is 2.85. The number of nitrogens with two attached hydrogens (primary N) is 1. The van der Waals surface area contributed by atoms with E-state index in [1.165, 1.54) is 12.8 Å². The van der Waals surface area contributed by atoms with Crippen LogP contribution < -0.4 is 15.8 Å². The summed E-state index contributed by atoms with van der Waals surface area (Å²) in [6.07, 6.45) is 7.89. The summed E-state index contributed by atoms with van der Waals surface area (Å²) in [6, 6.07) is 3.91. The smallest absolute Gasteiger partial charge is 0.218 e. The van der Waals surface area contributed by atoms with E-state index in [0.717, 1.165) is 31.4 Å². The van der Waals surface area contributed by atoms with E-state index in [9.17, 15) is 0 Å². The number of rotatable bonds is 7. The van der Waals surface area contributed by atoms with Crippen molar-refractivity contribution in [2.45, 2.75) is 58.6 Å². The molecule has 1 aromatic heterocycles. The zero-order valence-corrected chi connectivity index (χ0v) is 13.7. The molecule has 22 heavy (non-hydrogen) atoms. The molecule has 0 spiro atoms. The van der Waals surface area contributed by atoms with Crippen molar-refractivity contribution in [3.8, 4) is 5.88 Å². The molecular weight excluding hydrogens is 276 g/mol. The molecule has 1 aromatic rings. The largest absolute Gasteiger partial charge is 0.474 e. The minimum Gasteiger partial charge on any atom is -0.474 e. The van der Waals surface area contributed by atoms with Crippen molar-refractivity contribution in [1.29, 1.82) is 0 Å². The predicted molar refractivity (Wildman–Crippen MR) is 89.9 cm³/mol. The summed E-state index contributed by atoms with van der Waals surface area (Å²) in [5.74, 6) is 1.84. The van der Waals surface area contributed by atoms with Crippen LogP contribution in [0.1, 0.15) is 51.5 Å². The first-order valence-electron chi connectivity index (χ1n) is 8.29. The molecule has 0 unspecified atom stereocenters. The Kier molecular flexibility index (Phi) is 6.49. The zero-order valence-electron chi connectivity index (χ0n) is 13.7. The molecule has 1 saturated carbocycles. The highest BCUT2D eigenvalue weighted by Crippen LogP contribution is 2.25. The Morgan fingerprint density at radius 2 is 2.23 bits per heavy atom. The molecule has 1 aliphatic carbocycles. The highest BCUT2D eigenvalue weighted by Gasteiger charge is 2.18. The topological polar surface area (TPSA) is 72.5 Å². The highest BCUT2D eigenvalue weighted by molar-refractivity contribution is 5.77. The number of aliphatic imine (C=N–C) groups is 1. The number of aromatic nitrogens is 1. The summed E-state index contributed by atoms with van der Waals surface area (Å²) in [7, 11) is 0. The molecule has 1 fully saturated rings. The molecule has 5 nitrogen and oxygen atoms in total. The quantitative estimate of drug-likeness (QED) is 0.600. The van der Waals surface area contributed by atoms with Crippen molar-refractivity contribution in [3.63, 3.8) is 0 Å². The van der Waals surface area contributed by atoms with E-state index >= 15 is 0 Å². The van der Waals surface area contributed by atoms with Crippen LogP contribution in [0.5, 0.6) is 5.88 Å². The van der Waals surface area contributed by atoms with Gasteiger partial charge in [-0.15, -0.1) is 0 Å². The molecule has 0 amide bonds. The van der Waals surface area contributed by atoms with Crippen LogP contribution in [0.2, 0.25) is 0 Å². The number of guanidine groups is 1. The van der Waals surface area contributed by atoms with Gasteiger partial charge in [0.25, 0.3) is 0 Å². The fourth-order valence-electron chi connectivity index (χ4n) is 2.53. The Bertz CT molecular complexity index is 481. The minimum absolute atomic E-state index is 0.305. The van der Waals surface area contributed by atoms with Crippen molar-refractivity contribution >= 4 is 5.96 Å². The van der Waals surface area contributed by atoms with Gasteiger partial charge >= 0.3 is 0 Å². The second-order valence-electron chi connectivity index (χ2n) is 6.30. The average molecular weight is 304 g/mol. The van der Waals surface area contributed by atoms with Crippen LogP contribution in [0.25, 0.3) is 0 Å². The molecule has 122 valence electrons. The Morgan fingerprint density at radius 3 is 2.95 bits per heavy atom. The molecule has 2 rings (SSSR count). The van der Waals surface area contributed by atoms with Gasteiger partial charge in [0.05, 0.1) is 6.54 Å². The molecule has 1 heterocycles. The zero-order chi connectivity index (χ0) is 15.8. The van der Waals surface area contributed by atoms with Gasteiger partial charge in [-0.05, 0) is 44.1 Å². The van der Waals surface area contributed by atoms with Crippen molar-refractivity contribution in [2.75, 3.05) is 6.54 Å². The summed E-state index contributed by atoms with van der Waals surface area (Å²) in [4.78, 5) is 8.74. The van der Waals surface area contributed by atoms with Crippen molar-refractivity contribution in [2.24, 2.45) is 16.6 Å². The van der Waals surface area contributed by atoms with Crippen LogP contribution >= 0.6 is 0 Å². The second kappa shape index (κ2) is 8.61. The van der Waals surface area contributed by atoms with E-state index in [-0.39, 0.29) is 0 Å². The molecular formula is C17H28N4O. The molecule has 0 bridgehead atoms. The number of pyridine rings is 1. The minimum atomic E-state index is 0.305. The Morgan fingerprint density at radius 1 is 1.45 bits per heavy atom. The van der Waals surface area contributed by atoms with E-state index in [4.69, 9.17) is 10.5 Å². The van der Waals surface area contributed by atoms with Crippen molar-refractivity contribution < 1.29 is 4.74 Å². The number of nitrogens with one attached hydrogen (secondary N) is 1. The molecule has 0 radical (unpaired) electrons. The van der Waals surface area contributed by atoms with Crippen LogP contribution in [0.4, 0.5) is 0 Å². The first kappa shape index (κ1) is 16.6. The van der Waals surface area contributed by atoms with Crippen LogP contribution in [0.15, 0.2) is 23.3 Å². The maximum Gasteiger partial charge on any atom is 0.218 e. The van der Waals surface area contributed by atoms with E-state index in [1.54, 1.807) is 6.20 Å². The summed E-state index contributed by atoms with van der Waals surface area (Å²) in [5.41, 5.74) is 6.89. The van der Waals surface area contributed by atoms with Gasteiger partial charge < -0.3 is 15.8 Å². The summed E-state index contributed by atoms with van der Waals surface area (Å²) < 4.78 is 6.01. The Labute approximate surface area is 133 Å². The lowest BCUT2D eigenvalue weighted by Crippen LogP contribution is -2.32. The van der Waals surface area contributed by atoms with E-state index in [0.29, 0.717) is 30.4 Å². The van der Waals surface area contributed by atoms with Crippen LogP contribution in [-0.4, -0.2) is 23.6 Å². The standard InChI is InChI=1S/C17H28N4O/c1-13(2)9-11-20-17(18)21-12-14-6-5-10-19-16(14)22-15-7-3-4-8-15/h5-6,10,13,15H,3-4,7-9,11-12H2,1-2H3,(H3,18,20,21). The second-order valence-corrected chi connectivity index (χ2v) is 6.30. The molecule has 1 aliphatic rings. The summed E-state index contributed by atoms with van der Waals surface area (Å²) >= 11 is 0. The Balaban J connectivity index is 1.88. The third kappa shape index (κ3) is 5.54. The maximum absolute atomic E-state index is 6.01. The maximum atomic E-state index is 6.01. The first-order valence-corrected chi connectivity index (χ1v) is 8.29. The number of ether oxygens (including phenoxy) is 1. The number of hydrogen-bond donors (Lipinski definition) is 2. The molecule has 0 aliphatic heterocycles. The van der Waals surface area contributed by atoms with Crippen LogP contribution in [0, 0.1) is 5.92 Å². The van der Waals surface area contributed by atoms with Crippen molar-refractivity contribution in [1.82, 2.24) is 10.3 Å². The van der Waals surface area contributed by atoms with Gasteiger partial charge in [0.15, 0.2) is 5.96 Å². The molecule has 5 heteroatoms. The first-order chi connectivity index (χ1) is 10.6. The third-order valence-corrected chi connectivity index (χ3v) is 3.88. The van der Waals surface area contributed by atoms with Crippen LogP contribution in [-0.2, 0) is 6.54 Å².